The van der Waals surface area contributed by atoms with E-state index in [2.05, 4.69) is 29.8 Å². The average Bonchev–Trinajstić information content (AvgIpc) is 2.31. The fourth-order valence-corrected chi connectivity index (χ4v) is 2.31. The lowest BCUT2D eigenvalue weighted by molar-refractivity contribution is 1.14. The standard InChI is InChI=1S/C14H13NS/c1-2-6-12-9-14(11-15-10-12)16-13-7-4-3-5-8-13/h2-5,7-11H,1,6H2. The van der Waals surface area contributed by atoms with Gasteiger partial charge >= 0.3 is 0 Å². The number of hydrogen-bond acceptors (Lipinski definition) is 2. The van der Waals surface area contributed by atoms with Gasteiger partial charge in [0.15, 0.2) is 0 Å². The lowest BCUT2D eigenvalue weighted by Crippen LogP contribution is -1.84. The molecule has 2 heteroatoms. The van der Waals surface area contributed by atoms with E-state index in [1.165, 1.54) is 15.4 Å². The Hall–Kier alpha value is -1.54. The number of hydrogen-bond donors (Lipinski definition) is 0. The highest BCUT2D eigenvalue weighted by molar-refractivity contribution is 7.99. The monoisotopic (exact) mass is 227 g/mol. The second kappa shape index (κ2) is 5.52. The number of aromatic nitrogens is 1. The predicted octanol–water partition coefficient (Wildman–Crippen LogP) is 3.96. The Morgan fingerprint density at radius 1 is 1.12 bits per heavy atom. The summed E-state index contributed by atoms with van der Waals surface area (Å²) in [6.07, 6.45) is 6.55. The smallest absolute Gasteiger partial charge is 0.0407 e. The molecule has 0 atom stereocenters. The number of pyridine rings is 1. The van der Waals surface area contributed by atoms with E-state index in [0.29, 0.717) is 0 Å². The van der Waals surface area contributed by atoms with Gasteiger partial charge in [0.25, 0.3) is 0 Å². The molecular formula is C14H13NS. The Labute approximate surface area is 100 Å². The fourth-order valence-electron chi connectivity index (χ4n) is 1.42. The molecular weight excluding hydrogens is 214 g/mol. The topological polar surface area (TPSA) is 12.9 Å². The van der Waals surface area contributed by atoms with E-state index in [1.54, 1.807) is 11.8 Å². The van der Waals surface area contributed by atoms with E-state index >= 15 is 0 Å². The Morgan fingerprint density at radius 2 is 1.94 bits per heavy atom. The van der Waals surface area contributed by atoms with Crippen LogP contribution in [-0.4, -0.2) is 4.98 Å². The van der Waals surface area contributed by atoms with Crippen LogP contribution in [-0.2, 0) is 6.42 Å². The lowest BCUT2D eigenvalue weighted by Gasteiger charge is -2.02. The molecule has 0 spiro atoms. The molecule has 0 aliphatic rings. The first-order chi connectivity index (χ1) is 7.88. The van der Waals surface area contributed by atoms with E-state index in [9.17, 15) is 0 Å². The molecule has 0 bridgehead atoms. The summed E-state index contributed by atoms with van der Waals surface area (Å²) >= 11 is 1.73. The van der Waals surface area contributed by atoms with Crippen molar-refractivity contribution in [3.8, 4) is 0 Å². The molecule has 1 nitrogen and oxygen atoms in total. The number of nitrogens with zero attached hydrogens (tertiary/aromatic N) is 1. The van der Waals surface area contributed by atoms with Crippen LogP contribution in [0, 0.1) is 0 Å². The van der Waals surface area contributed by atoms with E-state index < -0.39 is 0 Å². The van der Waals surface area contributed by atoms with E-state index in [4.69, 9.17) is 0 Å². The van der Waals surface area contributed by atoms with Crippen molar-refractivity contribution in [2.45, 2.75) is 16.2 Å². The zero-order valence-electron chi connectivity index (χ0n) is 8.97. The summed E-state index contributed by atoms with van der Waals surface area (Å²) in [6, 6.07) is 12.5. The predicted molar refractivity (Wildman–Crippen MR) is 68.7 cm³/mol. The van der Waals surface area contributed by atoms with Crippen LogP contribution >= 0.6 is 11.8 Å². The minimum absolute atomic E-state index is 0.871. The lowest BCUT2D eigenvalue weighted by atomic mass is 10.2. The SMILES string of the molecule is C=CCc1cncc(Sc2ccccc2)c1. The zero-order valence-corrected chi connectivity index (χ0v) is 9.78. The molecule has 1 aromatic carbocycles. The van der Waals surface area contributed by atoms with Gasteiger partial charge in [0.05, 0.1) is 0 Å². The number of rotatable bonds is 4. The van der Waals surface area contributed by atoms with Crippen molar-refractivity contribution in [1.29, 1.82) is 0 Å². The molecule has 0 saturated carbocycles. The molecule has 0 radical (unpaired) electrons. The third kappa shape index (κ3) is 2.97. The molecule has 2 aromatic rings. The average molecular weight is 227 g/mol. The minimum atomic E-state index is 0.871. The van der Waals surface area contributed by atoms with Crippen molar-refractivity contribution in [2.24, 2.45) is 0 Å². The Kier molecular flexibility index (Phi) is 3.78. The van der Waals surface area contributed by atoms with Crippen LogP contribution in [0.25, 0.3) is 0 Å². The molecule has 0 unspecified atom stereocenters. The van der Waals surface area contributed by atoms with Gasteiger partial charge in [-0.3, -0.25) is 4.98 Å². The van der Waals surface area contributed by atoms with Crippen molar-refractivity contribution in [3.63, 3.8) is 0 Å². The highest BCUT2D eigenvalue weighted by atomic mass is 32.2. The molecule has 1 heterocycles. The van der Waals surface area contributed by atoms with Gasteiger partial charge < -0.3 is 0 Å². The molecule has 0 saturated heterocycles. The first-order valence-electron chi connectivity index (χ1n) is 5.16. The van der Waals surface area contributed by atoms with Crippen LogP contribution in [0.15, 0.2) is 71.2 Å². The summed E-state index contributed by atoms with van der Waals surface area (Å²) in [5.74, 6) is 0. The summed E-state index contributed by atoms with van der Waals surface area (Å²) in [5, 5.41) is 0. The Morgan fingerprint density at radius 3 is 2.69 bits per heavy atom. The Balaban J connectivity index is 2.15. The van der Waals surface area contributed by atoms with Gasteiger partial charge in [-0.15, -0.1) is 6.58 Å². The maximum absolute atomic E-state index is 4.23. The van der Waals surface area contributed by atoms with Crippen molar-refractivity contribution in [3.05, 3.63) is 67.0 Å². The van der Waals surface area contributed by atoms with Crippen LogP contribution < -0.4 is 0 Å². The van der Waals surface area contributed by atoms with Crippen molar-refractivity contribution in [2.75, 3.05) is 0 Å². The molecule has 2 rings (SSSR count). The summed E-state index contributed by atoms with van der Waals surface area (Å²) in [6.45, 7) is 3.74. The summed E-state index contributed by atoms with van der Waals surface area (Å²) in [7, 11) is 0. The maximum Gasteiger partial charge on any atom is 0.0407 e. The molecule has 0 aliphatic heterocycles. The fraction of sp³-hybridized carbons (Fsp3) is 0.0714. The van der Waals surface area contributed by atoms with Gasteiger partial charge in [-0.25, -0.2) is 0 Å². The van der Waals surface area contributed by atoms with Gasteiger partial charge in [0.1, 0.15) is 0 Å². The maximum atomic E-state index is 4.23. The highest BCUT2D eigenvalue weighted by Crippen LogP contribution is 2.27. The molecule has 0 aliphatic carbocycles. The molecule has 0 fully saturated rings. The van der Waals surface area contributed by atoms with Gasteiger partial charge in [-0.05, 0) is 30.2 Å². The quantitative estimate of drug-likeness (QED) is 0.733. The van der Waals surface area contributed by atoms with Crippen LogP contribution in [0.5, 0.6) is 0 Å². The normalized spacial score (nSPS) is 10.0. The van der Waals surface area contributed by atoms with Gasteiger partial charge in [0, 0.05) is 22.2 Å². The number of benzene rings is 1. The summed E-state index contributed by atoms with van der Waals surface area (Å²) < 4.78 is 0. The molecule has 80 valence electrons. The van der Waals surface area contributed by atoms with Crippen molar-refractivity contribution < 1.29 is 0 Å². The highest BCUT2D eigenvalue weighted by Gasteiger charge is 1.98. The second-order valence-corrected chi connectivity index (χ2v) is 4.58. The van der Waals surface area contributed by atoms with Crippen molar-refractivity contribution >= 4 is 11.8 Å². The first-order valence-corrected chi connectivity index (χ1v) is 5.98. The largest absolute Gasteiger partial charge is 0.263 e. The molecule has 16 heavy (non-hydrogen) atoms. The third-order valence-corrected chi connectivity index (χ3v) is 3.10. The van der Waals surface area contributed by atoms with Crippen LogP contribution in [0.3, 0.4) is 0 Å². The summed E-state index contributed by atoms with van der Waals surface area (Å²) in [4.78, 5) is 6.64. The van der Waals surface area contributed by atoms with Crippen LogP contribution in [0.2, 0.25) is 0 Å². The molecule has 0 amide bonds. The minimum Gasteiger partial charge on any atom is -0.263 e. The number of allylic oxidation sites excluding steroid dienone is 1. The molecule has 0 N–H and O–H groups in total. The second-order valence-electron chi connectivity index (χ2n) is 3.44. The third-order valence-electron chi connectivity index (χ3n) is 2.13. The van der Waals surface area contributed by atoms with E-state index in [-0.39, 0.29) is 0 Å². The first kappa shape index (κ1) is 11.0. The zero-order chi connectivity index (χ0) is 11.2. The van der Waals surface area contributed by atoms with Gasteiger partial charge in [0.2, 0.25) is 0 Å². The molecule has 1 aromatic heterocycles. The Bertz CT molecular complexity index is 465. The van der Waals surface area contributed by atoms with Crippen molar-refractivity contribution in [1.82, 2.24) is 4.98 Å². The van der Waals surface area contributed by atoms with Crippen LogP contribution in [0.4, 0.5) is 0 Å². The van der Waals surface area contributed by atoms with Gasteiger partial charge in [-0.1, -0.05) is 36.0 Å². The summed E-state index contributed by atoms with van der Waals surface area (Å²) in [5.41, 5.74) is 1.20. The van der Waals surface area contributed by atoms with E-state index in [1.807, 2.05) is 36.7 Å². The van der Waals surface area contributed by atoms with Gasteiger partial charge in [-0.2, -0.15) is 0 Å². The van der Waals surface area contributed by atoms with E-state index in [0.717, 1.165) is 6.42 Å². The van der Waals surface area contributed by atoms with Crippen LogP contribution in [0.1, 0.15) is 5.56 Å².